The summed E-state index contributed by atoms with van der Waals surface area (Å²) < 4.78 is 5.22. The van der Waals surface area contributed by atoms with Crippen LogP contribution in [-0.2, 0) is 9.53 Å². The molecule has 0 spiro atoms. The van der Waals surface area contributed by atoms with Crippen molar-refractivity contribution < 1.29 is 9.53 Å². The van der Waals surface area contributed by atoms with Gasteiger partial charge in [0.05, 0.1) is 19.8 Å². The number of hydrogen-bond donors (Lipinski definition) is 2. The van der Waals surface area contributed by atoms with E-state index in [-0.39, 0.29) is 11.4 Å². The van der Waals surface area contributed by atoms with Crippen LogP contribution in [0.15, 0.2) is 0 Å². The first-order valence-electron chi connectivity index (χ1n) is 6.01. The fraction of sp³-hybridized carbons (Fsp3) is 0.909. The Morgan fingerprint density at radius 2 is 2.25 bits per heavy atom. The molecule has 2 heterocycles. The number of nitrogens with one attached hydrogen (secondary N) is 2. The predicted octanol–water partition coefficient (Wildman–Crippen LogP) is -0.813. The van der Waals surface area contributed by atoms with Crippen LogP contribution < -0.4 is 10.6 Å². The maximum Gasteiger partial charge on any atom is 0.236 e. The number of amides is 1. The van der Waals surface area contributed by atoms with Gasteiger partial charge in [-0.3, -0.25) is 4.79 Å². The second-order valence-electron chi connectivity index (χ2n) is 4.83. The van der Waals surface area contributed by atoms with Crippen molar-refractivity contribution in [3.8, 4) is 0 Å². The standard InChI is InChI=1S/C11H21N3O2/c1-11(2-3-12-9-11)13-8-10(15)14-4-6-16-7-5-14/h12-13H,2-9H2,1H3. The quantitative estimate of drug-likeness (QED) is 0.662. The fourth-order valence-corrected chi connectivity index (χ4v) is 2.18. The first-order valence-corrected chi connectivity index (χ1v) is 6.01. The van der Waals surface area contributed by atoms with E-state index in [1.165, 1.54) is 0 Å². The molecule has 2 N–H and O–H groups in total. The van der Waals surface area contributed by atoms with Crippen LogP contribution in [0, 0.1) is 0 Å². The van der Waals surface area contributed by atoms with Crippen molar-refractivity contribution in [2.75, 3.05) is 45.9 Å². The van der Waals surface area contributed by atoms with Gasteiger partial charge in [0, 0.05) is 25.2 Å². The molecule has 0 aromatic rings. The first kappa shape index (κ1) is 11.8. The van der Waals surface area contributed by atoms with Gasteiger partial charge in [-0.25, -0.2) is 0 Å². The van der Waals surface area contributed by atoms with Crippen LogP contribution in [-0.4, -0.2) is 62.3 Å². The van der Waals surface area contributed by atoms with Crippen molar-refractivity contribution in [3.05, 3.63) is 0 Å². The van der Waals surface area contributed by atoms with E-state index in [9.17, 15) is 4.79 Å². The third-order valence-electron chi connectivity index (χ3n) is 3.40. The minimum absolute atomic E-state index is 0.0853. The second-order valence-corrected chi connectivity index (χ2v) is 4.83. The van der Waals surface area contributed by atoms with Crippen molar-refractivity contribution in [1.29, 1.82) is 0 Å². The summed E-state index contributed by atoms with van der Waals surface area (Å²) in [5.41, 5.74) is 0.0853. The minimum Gasteiger partial charge on any atom is -0.378 e. The number of rotatable bonds is 3. The minimum atomic E-state index is 0.0853. The molecule has 2 rings (SSSR count). The molecule has 2 saturated heterocycles. The van der Waals surface area contributed by atoms with Crippen LogP contribution in [0.2, 0.25) is 0 Å². The zero-order valence-electron chi connectivity index (χ0n) is 9.92. The Morgan fingerprint density at radius 1 is 1.50 bits per heavy atom. The van der Waals surface area contributed by atoms with E-state index < -0.39 is 0 Å². The molecule has 2 aliphatic rings. The molecule has 2 aliphatic heterocycles. The number of hydrogen-bond acceptors (Lipinski definition) is 4. The number of morpholine rings is 1. The SMILES string of the molecule is CC1(NCC(=O)N2CCOCC2)CCNC1. The average molecular weight is 227 g/mol. The van der Waals surface area contributed by atoms with Gasteiger partial charge < -0.3 is 20.3 Å². The summed E-state index contributed by atoms with van der Waals surface area (Å²) in [6.45, 7) is 7.40. The zero-order chi connectivity index (χ0) is 11.4. The lowest BCUT2D eigenvalue weighted by Crippen LogP contribution is -2.51. The van der Waals surface area contributed by atoms with Crippen molar-refractivity contribution in [2.45, 2.75) is 18.9 Å². The van der Waals surface area contributed by atoms with Gasteiger partial charge in [-0.05, 0) is 19.9 Å². The van der Waals surface area contributed by atoms with Gasteiger partial charge in [0.15, 0.2) is 0 Å². The molecule has 0 aliphatic carbocycles. The highest BCUT2D eigenvalue weighted by molar-refractivity contribution is 5.78. The molecule has 1 unspecified atom stereocenters. The average Bonchev–Trinajstić information content (AvgIpc) is 2.75. The van der Waals surface area contributed by atoms with Crippen molar-refractivity contribution in [3.63, 3.8) is 0 Å². The van der Waals surface area contributed by atoms with Gasteiger partial charge in [-0.15, -0.1) is 0 Å². The molecule has 1 amide bonds. The molecular weight excluding hydrogens is 206 g/mol. The third kappa shape index (κ3) is 2.93. The highest BCUT2D eigenvalue weighted by Gasteiger charge is 2.29. The third-order valence-corrected chi connectivity index (χ3v) is 3.40. The predicted molar refractivity (Wildman–Crippen MR) is 61.3 cm³/mol. The highest BCUT2D eigenvalue weighted by Crippen LogP contribution is 2.12. The van der Waals surface area contributed by atoms with Crippen LogP contribution in [0.4, 0.5) is 0 Å². The fourth-order valence-electron chi connectivity index (χ4n) is 2.18. The van der Waals surface area contributed by atoms with E-state index in [2.05, 4.69) is 17.6 Å². The van der Waals surface area contributed by atoms with E-state index in [0.717, 1.165) is 32.6 Å². The smallest absolute Gasteiger partial charge is 0.236 e. The molecule has 16 heavy (non-hydrogen) atoms. The van der Waals surface area contributed by atoms with Gasteiger partial charge in [0.2, 0.25) is 5.91 Å². The summed E-state index contributed by atoms with van der Waals surface area (Å²) in [5, 5.41) is 6.67. The lowest BCUT2D eigenvalue weighted by molar-refractivity contribution is -0.134. The van der Waals surface area contributed by atoms with E-state index in [1.54, 1.807) is 0 Å². The maximum atomic E-state index is 11.9. The maximum absolute atomic E-state index is 11.9. The molecule has 92 valence electrons. The van der Waals surface area contributed by atoms with E-state index >= 15 is 0 Å². The van der Waals surface area contributed by atoms with Gasteiger partial charge >= 0.3 is 0 Å². The Kier molecular flexibility index (Phi) is 3.78. The van der Waals surface area contributed by atoms with Gasteiger partial charge in [-0.1, -0.05) is 0 Å². The molecule has 0 radical (unpaired) electrons. The van der Waals surface area contributed by atoms with Crippen molar-refractivity contribution in [1.82, 2.24) is 15.5 Å². The molecule has 1 atom stereocenters. The molecule has 0 bridgehead atoms. The van der Waals surface area contributed by atoms with Gasteiger partial charge in [-0.2, -0.15) is 0 Å². The number of carbonyl (C=O) groups excluding carboxylic acids is 1. The van der Waals surface area contributed by atoms with E-state index in [1.807, 2.05) is 4.90 Å². The Hall–Kier alpha value is -0.650. The normalized spacial score (nSPS) is 30.7. The lowest BCUT2D eigenvalue weighted by Gasteiger charge is -2.29. The number of nitrogens with zero attached hydrogens (tertiary/aromatic N) is 1. The Labute approximate surface area is 96.5 Å². The van der Waals surface area contributed by atoms with E-state index in [0.29, 0.717) is 19.8 Å². The monoisotopic (exact) mass is 227 g/mol. The van der Waals surface area contributed by atoms with Crippen LogP contribution in [0.25, 0.3) is 0 Å². The summed E-state index contributed by atoms with van der Waals surface area (Å²) in [6, 6.07) is 0. The summed E-state index contributed by atoms with van der Waals surface area (Å²) in [5.74, 6) is 0.191. The summed E-state index contributed by atoms with van der Waals surface area (Å²) >= 11 is 0. The van der Waals surface area contributed by atoms with Crippen LogP contribution in [0.5, 0.6) is 0 Å². The van der Waals surface area contributed by atoms with Gasteiger partial charge in [0.1, 0.15) is 0 Å². The first-order chi connectivity index (χ1) is 7.70. The topological polar surface area (TPSA) is 53.6 Å². The summed E-state index contributed by atoms with van der Waals surface area (Å²) in [6.07, 6.45) is 1.09. The Morgan fingerprint density at radius 3 is 2.88 bits per heavy atom. The molecule has 2 fully saturated rings. The lowest BCUT2D eigenvalue weighted by atomic mass is 10.0. The van der Waals surface area contributed by atoms with Gasteiger partial charge in [0.25, 0.3) is 0 Å². The van der Waals surface area contributed by atoms with Crippen molar-refractivity contribution in [2.24, 2.45) is 0 Å². The Balaban J connectivity index is 1.74. The molecule has 0 aromatic carbocycles. The zero-order valence-corrected chi connectivity index (χ0v) is 9.92. The summed E-state index contributed by atoms with van der Waals surface area (Å²) in [4.78, 5) is 13.8. The molecule has 0 aromatic heterocycles. The molecular formula is C11H21N3O2. The second kappa shape index (κ2) is 5.12. The summed E-state index contributed by atoms with van der Waals surface area (Å²) in [7, 11) is 0. The molecule has 0 saturated carbocycles. The highest BCUT2D eigenvalue weighted by atomic mass is 16.5. The Bertz CT molecular complexity index is 246. The number of carbonyl (C=O) groups is 1. The molecule has 5 heteroatoms. The van der Waals surface area contributed by atoms with E-state index in [4.69, 9.17) is 4.74 Å². The largest absolute Gasteiger partial charge is 0.378 e. The molecule has 5 nitrogen and oxygen atoms in total. The van der Waals surface area contributed by atoms with Crippen LogP contribution in [0.3, 0.4) is 0 Å². The van der Waals surface area contributed by atoms with Crippen molar-refractivity contribution >= 4 is 5.91 Å². The van der Waals surface area contributed by atoms with Crippen LogP contribution >= 0.6 is 0 Å². The van der Waals surface area contributed by atoms with Crippen LogP contribution in [0.1, 0.15) is 13.3 Å². The number of ether oxygens (including phenoxy) is 1.